The molecule has 1 saturated heterocycles. The van der Waals surface area contributed by atoms with Crippen LogP contribution in [-0.4, -0.2) is 36.6 Å². The third-order valence-electron chi connectivity index (χ3n) is 3.09. The fourth-order valence-corrected chi connectivity index (χ4v) is 2.27. The Hall–Kier alpha value is -1.62. The number of fused-ring (bicyclic) bond motifs is 3. The summed E-state index contributed by atoms with van der Waals surface area (Å²) >= 11 is 0. The van der Waals surface area contributed by atoms with Gasteiger partial charge in [-0.2, -0.15) is 0 Å². The van der Waals surface area contributed by atoms with Crippen LogP contribution in [0.25, 0.3) is 0 Å². The molecule has 0 aromatic carbocycles. The number of hydrogen-bond donors (Lipinski definition) is 2. The fourth-order valence-electron chi connectivity index (χ4n) is 2.27. The van der Waals surface area contributed by atoms with Gasteiger partial charge in [0.15, 0.2) is 5.82 Å². The van der Waals surface area contributed by atoms with Gasteiger partial charge in [0.1, 0.15) is 6.04 Å². The maximum Gasteiger partial charge on any atom is 0.248 e. The molecule has 1 aromatic rings. The SMILES string of the molecule is Cc1ccc2c(n1)N1CCNCC1C(=O)N2. The molecule has 2 N–H and O–H groups in total. The van der Waals surface area contributed by atoms with Crippen LogP contribution in [0.4, 0.5) is 11.5 Å². The zero-order valence-corrected chi connectivity index (χ0v) is 9.16. The van der Waals surface area contributed by atoms with Gasteiger partial charge in [-0.05, 0) is 19.1 Å². The molecule has 3 heterocycles. The lowest BCUT2D eigenvalue weighted by Crippen LogP contribution is -2.59. The molecule has 5 heteroatoms. The molecular weight excluding hydrogens is 204 g/mol. The van der Waals surface area contributed by atoms with Gasteiger partial charge in [0.05, 0.1) is 5.69 Å². The summed E-state index contributed by atoms with van der Waals surface area (Å²) in [6, 6.07) is 3.73. The Balaban J connectivity index is 2.07. The van der Waals surface area contributed by atoms with Gasteiger partial charge in [-0.15, -0.1) is 0 Å². The first-order valence-electron chi connectivity index (χ1n) is 5.51. The number of rotatable bonds is 0. The Morgan fingerprint density at radius 2 is 2.38 bits per heavy atom. The Morgan fingerprint density at radius 1 is 1.50 bits per heavy atom. The number of amides is 1. The van der Waals surface area contributed by atoms with Crippen LogP contribution < -0.4 is 15.5 Å². The van der Waals surface area contributed by atoms with Crippen molar-refractivity contribution in [1.29, 1.82) is 0 Å². The van der Waals surface area contributed by atoms with Crippen LogP contribution in [0, 0.1) is 6.92 Å². The van der Waals surface area contributed by atoms with Crippen molar-refractivity contribution >= 4 is 17.4 Å². The number of aryl methyl sites for hydroxylation is 1. The Labute approximate surface area is 93.9 Å². The third-order valence-corrected chi connectivity index (χ3v) is 3.09. The predicted molar refractivity (Wildman–Crippen MR) is 61.6 cm³/mol. The lowest BCUT2D eigenvalue weighted by molar-refractivity contribution is -0.117. The first kappa shape index (κ1) is 9.59. The molecular formula is C11H14N4O. The van der Waals surface area contributed by atoms with E-state index in [2.05, 4.69) is 20.5 Å². The second-order valence-corrected chi connectivity index (χ2v) is 4.23. The number of carbonyl (C=O) groups excluding carboxylic acids is 1. The molecule has 16 heavy (non-hydrogen) atoms. The van der Waals surface area contributed by atoms with E-state index in [9.17, 15) is 4.79 Å². The molecule has 1 atom stereocenters. The van der Waals surface area contributed by atoms with Crippen LogP contribution in [-0.2, 0) is 4.79 Å². The number of nitrogens with zero attached hydrogens (tertiary/aromatic N) is 2. The minimum absolute atomic E-state index is 0.0605. The van der Waals surface area contributed by atoms with E-state index < -0.39 is 0 Å². The standard InChI is InChI=1S/C11H14N4O/c1-7-2-3-8-10(13-7)15-5-4-12-6-9(15)11(16)14-8/h2-3,9,12H,4-6H2,1H3,(H,14,16). The van der Waals surface area contributed by atoms with E-state index >= 15 is 0 Å². The van der Waals surface area contributed by atoms with Crippen LogP contribution in [0.1, 0.15) is 5.69 Å². The molecule has 1 amide bonds. The Morgan fingerprint density at radius 3 is 3.25 bits per heavy atom. The lowest BCUT2D eigenvalue weighted by atomic mass is 10.1. The monoisotopic (exact) mass is 218 g/mol. The molecule has 1 unspecified atom stereocenters. The van der Waals surface area contributed by atoms with Crippen molar-refractivity contribution in [2.24, 2.45) is 0 Å². The van der Waals surface area contributed by atoms with Crippen molar-refractivity contribution < 1.29 is 4.79 Å². The van der Waals surface area contributed by atoms with Crippen LogP contribution >= 0.6 is 0 Å². The summed E-state index contributed by atoms with van der Waals surface area (Å²) in [5.74, 6) is 0.969. The van der Waals surface area contributed by atoms with Gasteiger partial charge in [0, 0.05) is 25.3 Å². The summed E-state index contributed by atoms with van der Waals surface area (Å²) in [4.78, 5) is 18.5. The highest BCUT2D eigenvalue weighted by Crippen LogP contribution is 2.30. The molecule has 5 nitrogen and oxygen atoms in total. The summed E-state index contributed by atoms with van der Waals surface area (Å²) in [6.07, 6.45) is 0. The van der Waals surface area contributed by atoms with Crippen LogP contribution in [0.15, 0.2) is 12.1 Å². The van der Waals surface area contributed by atoms with E-state index in [1.165, 1.54) is 0 Å². The first-order valence-corrected chi connectivity index (χ1v) is 5.51. The largest absolute Gasteiger partial charge is 0.340 e. The van der Waals surface area contributed by atoms with Crippen LogP contribution in [0.5, 0.6) is 0 Å². The number of hydrogen-bond acceptors (Lipinski definition) is 4. The van der Waals surface area contributed by atoms with Gasteiger partial charge in [0.25, 0.3) is 0 Å². The van der Waals surface area contributed by atoms with Gasteiger partial charge in [0.2, 0.25) is 5.91 Å². The highest BCUT2D eigenvalue weighted by Gasteiger charge is 2.35. The molecule has 3 rings (SSSR count). The zero-order valence-electron chi connectivity index (χ0n) is 9.16. The highest BCUT2D eigenvalue weighted by atomic mass is 16.2. The number of aromatic nitrogens is 1. The summed E-state index contributed by atoms with van der Waals surface area (Å²) in [7, 11) is 0. The first-order chi connectivity index (χ1) is 7.75. The zero-order chi connectivity index (χ0) is 11.1. The van der Waals surface area contributed by atoms with E-state index in [1.807, 2.05) is 19.1 Å². The summed E-state index contributed by atoms with van der Waals surface area (Å²) in [5, 5.41) is 6.13. The average molecular weight is 218 g/mol. The minimum atomic E-state index is -0.115. The number of nitrogens with one attached hydrogen (secondary N) is 2. The summed E-state index contributed by atoms with van der Waals surface area (Å²) < 4.78 is 0. The molecule has 84 valence electrons. The summed E-state index contributed by atoms with van der Waals surface area (Å²) in [6.45, 7) is 4.40. The van der Waals surface area contributed by atoms with E-state index in [1.54, 1.807) is 0 Å². The molecule has 0 saturated carbocycles. The minimum Gasteiger partial charge on any atom is -0.340 e. The van der Waals surface area contributed by atoms with Crippen molar-refractivity contribution in [3.05, 3.63) is 17.8 Å². The quantitative estimate of drug-likeness (QED) is 0.649. The Bertz CT molecular complexity index is 446. The van der Waals surface area contributed by atoms with Gasteiger partial charge in [-0.25, -0.2) is 4.98 Å². The molecule has 0 aliphatic carbocycles. The van der Waals surface area contributed by atoms with Crippen molar-refractivity contribution in [1.82, 2.24) is 10.3 Å². The van der Waals surface area contributed by atoms with Crippen molar-refractivity contribution in [2.45, 2.75) is 13.0 Å². The fraction of sp³-hybridized carbons (Fsp3) is 0.455. The highest BCUT2D eigenvalue weighted by molar-refractivity contribution is 6.03. The van der Waals surface area contributed by atoms with Crippen molar-refractivity contribution in [2.75, 3.05) is 29.9 Å². The number of anilines is 2. The topological polar surface area (TPSA) is 57.3 Å². The predicted octanol–water partition coefficient (Wildman–Crippen LogP) is 0.120. The number of piperazine rings is 1. The maximum atomic E-state index is 11.9. The lowest BCUT2D eigenvalue weighted by Gasteiger charge is -2.40. The molecule has 0 bridgehead atoms. The van der Waals surface area contributed by atoms with Crippen molar-refractivity contribution in [3.8, 4) is 0 Å². The van der Waals surface area contributed by atoms with Gasteiger partial charge in [-0.1, -0.05) is 0 Å². The van der Waals surface area contributed by atoms with Gasteiger partial charge in [-0.3, -0.25) is 4.79 Å². The second kappa shape index (κ2) is 3.45. The normalized spacial score (nSPS) is 23.4. The molecule has 0 spiro atoms. The Kier molecular flexibility index (Phi) is 2.07. The second-order valence-electron chi connectivity index (χ2n) is 4.23. The number of pyridine rings is 1. The average Bonchev–Trinajstić information content (AvgIpc) is 2.31. The number of carbonyl (C=O) groups is 1. The van der Waals surface area contributed by atoms with E-state index in [4.69, 9.17) is 0 Å². The molecule has 2 aliphatic heterocycles. The molecule has 2 aliphatic rings. The van der Waals surface area contributed by atoms with Gasteiger partial charge >= 0.3 is 0 Å². The molecule has 1 aromatic heterocycles. The molecule has 1 fully saturated rings. The third kappa shape index (κ3) is 1.36. The van der Waals surface area contributed by atoms with E-state index in [0.717, 1.165) is 30.3 Å². The van der Waals surface area contributed by atoms with Gasteiger partial charge < -0.3 is 15.5 Å². The molecule has 0 radical (unpaired) electrons. The van der Waals surface area contributed by atoms with Crippen LogP contribution in [0.2, 0.25) is 0 Å². The smallest absolute Gasteiger partial charge is 0.248 e. The van der Waals surface area contributed by atoms with E-state index in [-0.39, 0.29) is 11.9 Å². The summed E-state index contributed by atoms with van der Waals surface area (Å²) in [5.41, 5.74) is 1.81. The van der Waals surface area contributed by atoms with Crippen LogP contribution in [0.3, 0.4) is 0 Å². The van der Waals surface area contributed by atoms with E-state index in [0.29, 0.717) is 6.54 Å². The van der Waals surface area contributed by atoms with Crippen molar-refractivity contribution in [3.63, 3.8) is 0 Å². The maximum absolute atomic E-state index is 11.9.